The van der Waals surface area contributed by atoms with Gasteiger partial charge in [-0.3, -0.25) is 15.0 Å². The van der Waals surface area contributed by atoms with Gasteiger partial charge in [0.25, 0.3) is 0 Å². The van der Waals surface area contributed by atoms with Gasteiger partial charge >= 0.3 is 0 Å². The molecule has 14 heteroatoms. The zero-order valence-electron chi connectivity index (χ0n) is 26.9. The summed E-state index contributed by atoms with van der Waals surface area (Å²) in [6.45, 7) is 8.17. The maximum absolute atomic E-state index is 13.5. The van der Waals surface area contributed by atoms with Crippen molar-refractivity contribution < 1.29 is 14.0 Å². The van der Waals surface area contributed by atoms with E-state index >= 15 is 0 Å². The molecule has 2 aromatic heterocycles. The van der Waals surface area contributed by atoms with Gasteiger partial charge in [0.2, 0.25) is 5.95 Å². The van der Waals surface area contributed by atoms with Crippen molar-refractivity contribution in [3.63, 3.8) is 0 Å². The molecule has 2 aliphatic heterocycles. The molecule has 0 aliphatic carbocycles. The number of halogens is 1. The van der Waals surface area contributed by atoms with Crippen LogP contribution in [0.4, 0.5) is 28.8 Å². The Labute approximate surface area is 277 Å². The van der Waals surface area contributed by atoms with Gasteiger partial charge < -0.3 is 29.6 Å². The summed E-state index contributed by atoms with van der Waals surface area (Å²) in [5, 5.41) is 13.9. The summed E-state index contributed by atoms with van der Waals surface area (Å²) in [6.07, 6.45) is 8.78. The molecule has 0 saturated carbocycles. The molecule has 242 valence electrons. The van der Waals surface area contributed by atoms with Gasteiger partial charge in [0.05, 0.1) is 39.4 Å². The van der Waals surface area contributed by atoms with E-state index in [9.17, 15) is 4.57 Å². The van der Waals surface area contributed by atoms with Crippen LogP contribution in [0.2, 0.25) is 0 Å². The van der Waals surface area contributed by atoms with Gasteiger partial charge in [-0.15, -0.1) is 0 Å². The summed E-state index contributed by atoms with van der Waals surface area (Å²) in [7, 11) is 2.69. The van der Waals surface area contributed by atoms with Crippen LogP contribution in [0.15, 0.2) is 52.4 Å². The van der Waals surface area contributed by atoms with E-state index in [0.717, 1.165) is 49.4 Å². The van der Waals surface area contributed by atoms with Gasteiger partial charge in [0, 0.05) is 76.3 Å². The third kappa shape index (κ3) is 6.54. The summed E-state index contributed by atoms with van der Waals surface area (Å²) >= 11 is 3.58. The number of hydrazone groups is 1. The molecule has 46 heavy (non-hydrogen) atoms. The second-order valence-corrected chi connectivity index (χ2v) is 16.3. The number of fused-ring (bicyclic) bond motifs is 1. The smallest absolute Gasteiger partial charge is 0.229 e. The van der Waals surface area contributed by atoms with E-state index in [1.54, 1.807) is 46.1 Å². The summed E-state index contributed by atoms with van der Waals surface area (Å²) in [5.41, 5.74) is 4.82. The van der Waals surface area contributed by atoms with Gasteiger partial charge in [0.15, 0.2) is 0 Å². The molecule has 12 nitrogen and oxygen atoms in total. The predicted molar refractivity (Wildman–Crippen MR) is 189 cm³/mol. The molecule has 0 spiro atoms. The first kappa shape index (κ1) is 32.2. The second kappa shape index (κ2) is 12.8. The van der Waals surface area contributed by atoms with E-state index in [4.69, 9.17) is 14.5 Å². The molecule has 2 N–H and O–H groups in total. The fourth-order valence-electron chi connectivity index (χ4n) is 6.03. The van der Waals surface area contributed by atoms with E-state index in [1.807, 2.05) is 30.4 Å². The lowest BCUT2D eigenvalue weighted by atomic mass is 9.91. The van der Waals surface area contributed by atoms with E-state index in [1.165, 1.54) is 0 Å². The van der Waals surface area contributed by atoms with Crippen LogP contribution in [0.1, 0.15) is 31.2 Å². The molecule has 0 amide bonds. The molecule has 0 bridgehead atoms. The number of anilines is 5. The number of rotatable bonds is 9. The normalized spacial score (nSPS) is 17.8. The Kier molecular flexibility index (Phi) is 8.93. The standard InChI is InChI=1S/C32H39BrN9O3P/c1-32(45-4)9-13-42(14-10-32)26-16-27(44-3)25(15-21(26)20-17-37-41(2)19-20)39-31-36-18-22(33)30(40-31)38-24-8-7-23-28(35-12-11-34-23)29(24)46(5,6)43/h7-8,11-12,15-18,20H,9-10,13-14,19H2,1-6H3,(H2,36,38,39,40). The van der Waals surface area contributed by atoms with Gasteiger partial charge in [-0.05, 0) is 72.8 Å². The average Bonchev–Trinajstić information content (AvgIpc) is 3.48. The fourth-order valence-corrected chi connectivity index (χ4v) is 7.71. The largest absolute Gasteiger partial charge is 0.494 e. The topological polar surface area (TPSA) is 130 Å². The van der Waals surface area contributed by atoms with E-state index in [2.05, 4.69) is 70.6 Å². The molecule has 0 radical (unpaired) electrons. The third-order valence-electron chi connectivity index (χ3n) is 8.70. The number of likely N-dealkylation sites (N-methyl/N-ethyl adjacent to an activating group) is 1. The van der Waals surface area contributed by atoms with Crippen LogP contribution in [-0.2, 0) is 9.30 Å². The fraction of sp³-hybridized carbons (Fsp3) is 0.406. The molecule has 1 atom stereocenters. The first-order valence-corrected chi connectivity index (χ1v) is 18.5. The Bertz CT molecular complexity index is 1840. The molecular formula is C32H39BrN9O3P. The number of aromatic nitrogens is 4. The average molecular weight is 709 g/mol. The number of nitrogens with one attached hydrogen (secondary N) is 2. The van der Waals surface area contributed by atoms with Crippen LogP contribution in [0.5, 0.6) is 5.75 Å². The van der Waals surface area contributed by atoms with Crippen molar-refractivity contribution in [1.82, 2.24) is 24.9 Å². The van der Waals surface area contributed by atoms with Crippen LogP contribution in [0.25, 0.3) is 11.0 Å². The van der Waals surface area contributed by atoms with Crippen molar-refractivity contribution in [2.24, 2.45) is 5.10 Å². The Morgan fingerprint density at radius 1 is 1.04 bits per heavy atom. The zero-order chi connectivity index (χ0) is 32.6. The highest BCUT2D eigenvalue weighted by atomic mass is 79.9. The Balaban J connectivity index is 1.35. The maximum Gasteiger partial charge on any atom is 0.229 e. The van der Waals surface area contributed by atoms with Crippen LogP contribution >= 0.6 is 23.1 Å². The molecule has 4 heterocycles. The molecule has 1 saturated heterocycles. The minimum Gasteiger partial charge on any atom is -0.494 e. The number of nitrogens with zero attached hydrogens (tertiary/aromatic N) is 7. The Morgan fingerprint density at radius 3 is 2.48 bits per heavy atom. The highest BCUT2D eigenvalue weighted by molar-refractivity contribution is 9.10. The van der Waals surface area contributed by atoms with Crippen molar-refractivity contribution in [3.05, 3.63) is 52.9 Å². The lowest BCUT2D eigenvalue weighted by Crippen LogP contribution is -2.44. The van der Waals surface area contributed by atoms with Crippen molar-refractivity contribution >= 4 is 74.5 Å². The summed E-state index contributed by atoms with van der Waals surface area (Å²) in [4.78, 5) is 20.7. The highest BCUT2D eigenvalue weighted by Gasteiger charge is 2.32. The molecule has 1 unspecified atom stereocenters. The molecule has 2 aliphatic rings. The van der Waals surface area contributed by atoms with Crippen molar-refractivity contribution in [3.8, 4) is 5.75 Å². The zero-order valence-corrected chi connectivity index (χ0v) is 29.4. The first-order chi connectivity index (χ1) is 22.0. The van der Waals surface area contributed by atoms with Gasteiger partial charge in [-0.2, -0.15) is 10.1 Å². The molecule has 2 aromatic carbocycles. The molecule has 6 rings (SSSR count). The van der Waals surface area contributed by atoms with Crippen molar-refractivity contribution in [2.75, 3.05) is 69.8 Å². The summed E-state index contributed by atoms with van der Waals surface area (Å²) in [6, 6.07) is 7.93. The van der Waals surface area contributed by atoms with Crippen LogP contribution in [-0.4, -0.2) is 91.0 Å². The highest BCUT2D eigenvalue weighted by Crippen LogP contribution is 2.43. The summed E-state index contributed by atoms with van der Waals surface area (Å²) < 4.78 is 25.8. The third-order valence-corrected chi connectivity index (χ3v) is 10.8. The lowest BCUT2D eigenvalue weighted by Gasteiger charge is -2.40. The van der Waals surface area contributed by atoms with Gasteiger partial charge in [-0.25, -0.2) is 4.98 Å². The van der Waals surface area contributed by atoms with Gasteiger partial charge in [-0.1, -0.05) is 0 Å². The SMILES string of the molecule is COc1cc(N2CCC(C)(OC)CC2)c(C2C=NN(C)C2)cc1Nc1ncc(Br)c(Nc2ccc3nccnc3c2P(C)(C)=O)n1. The number of piperidine rings is 1. The lowest BCUT2D eigenvalue weighted by molar-refractivity contribution is -0.0132. The van der Waals surface area contributed by atoms with Crippen molar-refractivity contribution in [1.29, 1.82) is 0 Å². The predicted octanol–water partition coefficient (Wildman–Crippen LogP) is 5.95. The van der Waals surface area contributed by atoms with E-state index < -0.39 is 7.14 Å². The quantitative estimate of drug-likeness (QED) is 0.200. The number of ether oxygens (including phenoxy) is 2. The number of benzene rings is 2. The van der Waals surface area contributed by atoms with E-state index in [-0.39, 0.29) is 11.5 Å². The Morgan fingerprint density at radius 2 is 1.80 bits per heavy atom. The molecule has 4 aromatic rings. The van der Waals surface area contributed by atoms with Gasteiger partial charge in [0.1, 0.15) is 24.2 Å². The number of hydrogen-bond acceptors (Lipinski definition) is 12. The molecular weight excluding hydrogens is 669 g/mol. The molecule has 1 fully saturated rings. The van der Waals surface area contributed by atoms with Crippen LogP contribution < -0.4 is 25.6 Å². The number of methoxy groups -OCH3 is 2. The van der Waals surface area contributed by atoms with Crippen LogP contribution in [0, 0.1) is 0 Å². The van der Waals surface area contributed by atoms with Crippen molar-refractivity contribution in [2.45, 2.75) is 31.3 Å². The summed E-state index contributed by atoms with van der Waals surface area (Å²) in [5.74, 6) is 1.66. The van der Waals surface area contributed by atoms with E-state index in [0.29, 0.717) is 44.0 Å². The minimum atomic E-state index is -2.76. The first-order valence-electron chi connectivity index (χ1n) is 15.1. The Hall–Kier alpha value is -3.80. The maximum atomic E-state index is 13.5. The van der Waals surface area contributed by atoms with Crippen LogP contribution in [0.3, 0.4) is 0 Å². The second-order valence-electron chi connectivity index (χ2n) is 12.3. The minimum absolute atomic E-state index is 0.110. The monoisotopic (exact) mass is 707 g/mol. The number of hydrogen-bond donors (Lipinski definition) is 2.